The van der Waals surface area contributed by atoms with E-state index in [0.717, 1.165) is 9.80 Å². The molecule has 94 valence electrons. The van der Waals surface area contributed by atoms with E-state index in [9.17, 15) is 19.2 Å². The normalized spacial score (nSPS) is 20.7. The summed E-state index contributed by atoms with van der Waals surface area (Å²) in [6, 6.07) is 0. The van der Waals surface area contributed by atoms with Crippen LogP contribution in [0.3, 0.4) is 0 Å². The van der Waals surface area contributed by atoms with E-state index in [2.05, 4.69) is 0 Å². The average Bonchev–Trinajstić information content (AvgIpc) is 2.67. The van der Waals surface area contributed by atoms with Gasteiger partial charge in [0.05, 0.1) is 22.6 Å². The molecule has 0 radical (unpaired) electrons. The molecule has 0 atom stereocenters. The van der Waals surface area contributed by atoms with Gasteiger partial charge in [0, 0.05) is 13.1 Å². The van der Waals surface area contributed by atoms with Crippen LogP contribution in [0.1, 0.15) is 12.8 Å². The van der Waals surface area contributed by atoms with Gasteiger partial charge in [-0.15, -0.1) is 0 Å². The van der Waals surface area contributed by atoms with Gasteiger partial charge in [0.25, 0.3) is 11.8 Å². The zero-order valence-corrected chi connectivity index (χ0v) is 10.8. The van der Waals surface area contributed by atoms with E-state index in [4.69, 9.17) is 24.4 Å². The third kappa shape index (κ3) is 2.08. The van der Waals surface area contributed by atoms with Gasteiger partial charge in [-0.25, -0.2) is 0 Å². The van der Waals surface area contributed by atoms with Crippen LogP contribution in [0.5, 0.6) is 0 Å². The molecule has 2 rings (SSSR count). The maximum absolute atomic E-state index is 11.5. The Hall–Kier alpha value is -1.54. The molecule has 0 aromatic rings. The van der Waals surface area contributed by atoms with Crippen LogP contribution in [-0.4, -0.2) is 56.2 Å². The predicted octanol–water partition coefficient (Wildman–Crippen LogP) is -0.756. The summed E-state index contributed by atoms with van der Waals surface area (Å²) < 4.78 is 0. The van der Waals surface area contributed by atoms with Crippen molar-refractivity contribution in [2.75, 3.05) is 13.1 Å². The van der Waals surface area contributed by atoms with Gasteiger partial charge in [-0.2, -0.15) is 0 Å². The molecule has 2 heterocycles. The van der Waals surface area contributed by atoms with Crippen molar-refractivity contribution in [3.05, 3.63) is 0 Å². The molecule has 0 aliphatic carbocycles. The number of hydrogen-bond donors (Lipinski definition) is 0. The summed E-state index contributed by atoms with van der Waals surface area (Å²) in [5.41, 5.74) is 0. The zero-order valence-electron chi connectivity index (χ0n) is 9.17. The number of nitrogens with zero attached hydrogens (tertiary/aromatic N) is 2. The molecule has 0 bridgehead atoms. The molecule has 0 spiro atoms. The molecule has 8 heteroatoms. The number of carbonyl (C=O) groups is 4. The second kappa shape index (κ2) is 4.62. The molecular weight excluding hydrogens is 276 g/mol. The van der Waals surface area contributed by atoms with Crippen molar-refractivity contribution < 1.29 is 19.2 Å². The fourth-order valence-electron chi connectivity index (χ4n) is 1.80. The number of imide groups is 2. The monoisotopic (exact) mass is 284 g/mol. The highest BCUT2D eigenvalue weighted by molar-refractivity contribution is 7.82. The molecule has 2 aliphatic heterocycles. The highest BCUT2D eigenvalue weighted by Gasteiger charge is 2.37. The van der Waals surface area contributed by atoms with Gasteiger partial charge >= 0.3 is 0 Å². The first kappa shape index (κ1) is 12.9. The second-order valence-electron chi connectivity index (χ2n) is 3.90. The van der Waals surface area contributed by atoms with E-state index in [1.54, 1.807) is 0 Å². The average molecular weight is 284 g/mol. The van der Waals surface area contributed by atoms with Crippen LogP contribution in [0.4, 0.5) is 0 Å². The van der Waals surface area contributed by atoms with Crippen LogP contribution in [0.25, 0.3) is 0 Å². The van der Waals surface area contributed by atoms with E-state index >= 15 is 0 Å². The summed E-state index contributed by atoms with van der Waals surface area (Å²) in [5, 5.41) is 0. The molecule has 0 saturated carbocycles. The van der Waals surface area contributed by atoms with E-state index in [1.807, 2.05) is 0 Å². The Morgan fingerprint density at radius 1 is 0.778 bits per heavy atom. The minimum absolute atomic E-state index is 0.0299. The number of likely N-dealkylation sites (tertiary alicyclic amines) is 2. The minimum Gasteiger partial charge on any atom is -0.276 e. The fourth-order valence-corrected chi connectivity index (χ4v) is 2.26. The van der Waals surface area contributed by atoms with Gasteiger partial charge in [-0.05, 0) is 0 Å². The number of rotatable bonds is 3. The smallest absolute Gasteiger partial charge is 0.267 e. The molecular formula is C10H8N2O4S2. The van der Waals surface area contributed by atoms with Gasteiger partial charge in [-0.1, -0.05) is 24.4 Å². The first-order valence-electron chi connectivity index (χ1n) is 5.17. The zero-order chi connectivity index (χ0) is 13.4. The highest BCUT2D eigenvalue weighted by Crippen LogP contribution is 2.13. The van der Waals surface area contributed by atoms with Crippen molar-refractivity contribution in [1.29, 1.82) is 0 Å². The van der Waals surface area contributed by atoms with Crippen molar-refractivity contribution in [2.45, 2.75) is 12.8 Å². The topological polar surface area (TPSA) is 74.8 Å². The lowest BCUT2D eigenvalue weighted by molar-refractivity contribution is -0.142. The quantitative estimate of drug-likeness (QED) is 0.501. The van der Waals surface area contributed by atoms with Crippen LogP contribution < -0.4 is 0 Å². The summed E-state index contributed by atoms with van der Waals surface area (Å²) in [6.07, 6.45) is -0.150. The Bertz CT molecular complexity index is 468. The largest absolute Gasteiger partial charge is 0.276 e. The third-order valence-corrected chi connectivity index (χ3v) is 3.38. The van der Waals surface area contributed by atoms with E-state index in [-0.39, 0.29) is 35.7 Å². The van der Waals surface area contributed by atoms with Gasteiger partial charge in [0.15, 0.2) is 0 Å². The summed E-state index contributed by atoms with van der Waals surface area (Å²) >= 11 is 9.46. The molecule has 18 heavy (non-hydrogen) atoms. The lowest BCUT2D eigenvalue weighted by Gasteiger charge is -2.18. The minimum atomic E-state index is -0.517. The lowest BCUT2D eigenvalue weighted by atomic mass is 10.4. The number of amides is 4. The Labute approximate surface area is 113 Å². The van der Waals surface area contributed by atoms with Crippen molar-refractivity contribution in [3.63, 3.8) is 0 Å². The maximum atomic E-state index is 11.5. The van der Waals surface area contributed by atoms with Crippen molar-refractivity contribution >= 4 is 57.8 Å². The van der Waals surface area contributed by atoms with E-state index in [0.29, 0.717) is 0 Å². The first-order chi connectivity index (χ1) is 8.41. The standard InChI is InChI=1S/C10H8N2O4S2/c13-7-3-5(17)9(15)11(7)1-2-12-8(14)4-6(18)10(12)16/h1-4H2. The van der Waals surface area contributed by atoms with Gasteiger partial charge in [-0.3, -0.25) is 29.0 Å². The molecule has 0 unspecified atom stereocenters. The van der Waals surface area contributed by atoms with Crippen LogP contribution in [0, 0.1) is 0 Å². The van der Waals surface area contributed by atoms with Gasteiger partial charge < -0.3 is 0 Å². The molecule has 4 amide bonds. The van der Waals surface area contributed by atoms with E-state index in [1.165, 1.54) is 0 Å². The third-order valence-electron chi connectivity index (χ3n) is 2.74. The Balaban J connectivity index is 2.00. The molecule has 6 nitrogen and oxygen atoms in total. The predicted molar refractivity (Wildman–Crippen MR) is 67.9 cm³/mol. The fraction of sp³-hybridized carbons (Fsp3) is 0.400. The highest BCUT2D eigenvalue weighted by atomic mass is 32.1. The molecule has 2 fully saturated rings. The Morgan fingerprint density at radius 3 is 1.33 bits per heavy atom. The van der Waals surface area contributed by atoms with Crippen molar-refractivity contribution in [2.24, 2.45) is 0 Å². The number of carbonyl (C=O) groups excluding carboxylic acids is 4. The van der Waals surface area contributed by atoms with Crippen LogP contribution >= 0.6 is 24.4 Å². The molecule has 2 saturated heterocycles. The number of thiocarbonyl (C=S) groups is 2. The second-order valence-corrected chi connectivity index (χ2v) is 4.89. The van der Waals surface area contributed by atoms with Gasteiger partial charge in [0.1, 0.15) is 0 Å². The maximum Gasteiger partial charge on any atom is 0.267 e. The molecule has 0 aromatic carbocycles. The SMILES string of the molecule is O=C1CC(=S)C(=O)N1CCN1C(=O)CC(=S)C1=O. The van der Waals surface area contributed by atoms with Crippen LogP contribution in [0.15, 0.2) is 0 Å². The van der Waals surface area contributed by atoms with Crippen LogP contribution in [0.2, 0.25) is 0 Å². The summed E-state index contributed by atoms with van der Waals surface area (Å²) in [7, 11) is 0. The van der Waals surface area contributed by atoms with E-state index < -0.39 is 23.6 Å². The molecule has 2 aliphatic rings. The van der Waals surface area contributed by atoms with Gasteiger partial charge in [0.2, 0.25) is 11.8 Å². The summed E-state index contributed by atoms with van der Waals surface area (Å²) in [6.45, 7) is -0.0597. The molecule has 0 N–H and O–H groups in total. The molecule has 0 aromatic heterocycles. The van der Waals surface area contributed by atoms with Crippen molar-refractivity contribution in [1.82, 2.24) is 9.80 Å². The first-order valence-corrected chi connectivity index (χ1v) is 5.98. The number of hydrogen-bond acceptors (Lipinski definition) is 6. The summed E-state index contributed by atoms with van der Waals surface area (Å²) in [5.74, 6) is -1.83. The Morgan fingerprint density at radius 2 is 1.11 bits per heavy atom. The summed E-state index contributed by atoms with van der Waals surface area (Å²) in [4.78, 5) is 47.9. The van der Waals surface area contributed by atoms with Crippen LogP contribution in [-0.2, 0) is 19.2 Å². The lowest BCUT2D eigenvalue weighted by Crippen LogP contribution is -2.41. The Kier molecular flexibility index (Phi) is 3.31. The van der Waals surface area contributed by atoms with Crippen molar-refractivity contribution in [3.8, 4) is 0 Å².